The molecule has 1 rings (SSSR count). The van der Waals surface area contributed by atoms with Gasteiger partial charge in [-0.25, -0.2) is 18.2 Å². The number of nitrogens with zero attached hydrogens (tertiary/aromatic N) is 1. The van der Waals surface area contributed by atoms with Gasteiger partial charge in [0.1, 0.15) is 11.5 Å². The van der Waals surface area contributed by atoms with Crippen LogP contribution in [0.1, 0.15) is 23.4 Å². The zero-order valence-electron chi connectivity index (χ0n) is 8.84. The number of rotatable bonds is 4. The first kappa shape index (κ1) is 14.0. The predicted octanol–water partition coefficient (Wildman–Crippen LogP) is 2.77. The fourth-order valence-electron chi connectivity index (χ4n) is 1.20. The van der Waals surface area contributed by atoms with Crippen LogP contribution in [0.15, 0.2) is 6.07 Å². The van der Waals surface area contributed by atoms with Gasteiger partial charge >= 0.3 is 5.97 Å². The van der Waals surface area contributed by atoms with Gasteiger partial charge in [0.2, 0.25) is 0 Å². The Morgan fingerprint density at radius 2 is 2.24 bits per heavy atom. The first-order valence-electron chi connectivity index (χ1n) is 4.58. The fourth-order valence-corrected chi connectivity index (χ4v) is 1.61. The number of pyridine rings is 1. The van der Waals surface area contributed by atoms with Crippen molar-refractivity contribution in [1.29, 1.82) is 0 Å². The third-order valence-corrected chi connectivity index (χ3v) is 2.63. The van der Waals surface area contributed by atoms with Crippen LogP contribution in [0.25, 0.3) is 0 Å². The third-order valence-electron chi connectivity index (χ3n) is 2.03. The zero-order chi connectivity index (χ0) is 13.0. The van der Waals surface area contributed by atoms with Crippen molar-refractivity contribution in [3.63, 3.8) is 0 Å². The number of ether oxygens (including phenoxy) is 1. The van der Waals surface area contributed by atoms with Gasteiger partial charge in [0.25, 0.3) is 6.43 Å². The summed E-state index contributed by atoms with van der Waals surface area (Å²) in [7, 11) is 1.13. The average molecular weight is 312 g/mol. The number of aromatic nitrogens is 1. The Hall–Kier alpha value is -1.11. The molecule has 94 valence electrons. The number of carbonyl (C=O) groups excluding carboxylic acids is 1. The maximum Gasteiger partial charge on any atom is 0.311 e. The summed E-state index contributed by atoms with van der Waals surface area (Å²) in [6.07, 6.45) is -3.28. The van der Waals surface area contributed by atoms with Gasteiger partial charge in [0, 0.05) is 10.9 Å². The second kappa shape index (κ2) is 6.00. The summed E-state index contributed by atoms with van der Waals surface area (Å²) in [4.78, 5) is 14.4. The van der Waals surface area contributed by atoms with E-state index in [1.165, 1.54) is 0 Å². The minimum atomic E-state index is -2.82. The van der Waals surface area contributed by atoms with E-state index in [0.717, 1.165) is 13.2 Å². The maximum atomic E-state index is 13.7. The van der Waals surface area contributed by atoms with Crippen LogP contribution in [0, 0.1) is 5.82 Å². The number of carbonyl (C=O) groups is 1. The molecule has 1 aromatic rings. The summed E-state index contributed by atoms with van der Waals surface area (Å²) in [6, 6.07) is 0.968. The molecule has 0 aliphatic carbocycles. The molecule has 7 heteroatoms. The number of methoxy groups -OCH3 is 1. The van der Waals surface area contributed by atoms with Crippen LogP contribution in [-0.2, 0) is 21.3 Å². The minimum Gasteiger partial charge on any atom is -0.469 e. The van der Waals surface area contributed by atoms with E-state index in [-0.39, 0.29) is 16.6 Å². The highest BCUT2D eigenvalue weighted by Gasteiger charge is 2.19. The molecule has 0 spiro atoms. The van der Waals surface area contributed by atoms with Crippen LogP contribution in [0.3, 0.4) is 0 Å². The summed E-state index contributed by atoms with van der Waals surface area (Å²) in [5.41, 5.74) is -0.849. The lowest BCUT2D eigenvalue weighted by atomic mass is 10.1. The van der Waals surface area contributed by atoms with Gasteiger partial charge in [-0.2, -0.15) is 0 Å². The molecule has 17 heavy (non-hydrogen) atoms. The molecule has 0 bridgehead atoms. The first-order valence-corrected chi connectivity index (χ1v) is 5.70. The summed E-state index contributed by atoms with van der Waals surface area (Å²) in [5, 5.41) is 0.0647. The lowest BCUT2D eigenvalue weighted by Crippen LogP contribution is -2.11. The molecule has 0 aromatic carbocycles. The minimum absolute atomic E-state index is 0.0363. The van der Waals surface area contributed by atoms with Crippen LogP contribution >= 0.6 is 15.9 Å². The number of hydrogen-bond donors (Lipinski definition) is 0. The van der Waals surface area contributed by atoms with Crippen LogP contribution in [0.5, 0.6) is 0 Å². The van der Waals surface area contributed by atoms with E-state index in [4.69, 9.17) is 0 Å². The standard InChI is InChI=1S/C10H9BrF3NO2/c1-17-8(16)3-6-9(12)5(4-11)2-7(15-6)10(13)14/h2,10H,3-4H2,1H3. The Balaban J connectivity index is 3.17. The van der Waals surface area contributed by atoms with E-state index in [2.05, 4.69) is 25.7 Å². The SMILES string of the molecule is COC(=O)Cc1nc(C(F)F)cc(CBr)c1F. The highest BCUT2D eigenvalue weighted by atomic mass is 79.9. The van der Waals surface area contributed by atoms with Crippen molar-refractivity contribution in [2.24, 2.45) is 0 Å². The second-order valence-electron chi connectivity index (χ2n) is 3.15. The Morgan fingerprint density at radius 3 is 2.71 bits per heavy atom. The molecule has 1 heterocycles. The molecule has 0 fully saturated rings. The van der Waals surface area contributed by atoms with Gasteiger partial charge < -0.3 is 4.74 Å². The molecule has 0 saturated carbocycles. The van der Waals surface area contributed by atoms with Gasteiger partial charge in [-0.05, 0) is 6.07 Å². The maximum absolute atomic E-state index is 13.7. The van der Waals surface area contributed by atoms with Gasteiger partial charge in [-0.3, -0.25) is 4.79 Å². The summed E-state index contributed by atoms with van der Waals surface area (Å²) < 4.78 is 43.0. The predicted molar refractivity (Wildman–Crippen MR) is 57.5 cm³/mol. The number of halogens is 4. The number of alkyl halides is 3. The van der Waals surface area contributed by atoms with Crippen molar-refractivity contribution in [2.75, 3.05) is 7.11 Å². The van der Waals surface area contributed by atoms with E-state index >= 15 is 0 Å². The van der Waals surface area contributed by atoms with E-state index < -0.39 is 30.3 Å². The van der Waals surface area contributed by atoms with E-state index in [0.29, 0.717) is 0 Å². The van der Waals surface area contributed by atoms with Crippen LogP contribution in [0.2, 0.25) is 0 Å². The Bertz CT molecular complexity index is 426. The zero-order valence-corrected chi connectivity index (χ0v) is 10.4. The monoisotopic (exact) mass is 311 g/mol. The molecular weight excluding hydrogens is 303 g/mol. The molecule has 0 aliphatic rings. The van der Waals surface area contributed by atoms with Gasteiger partial charge in [-0.1, -0.05) is 15.9 Å². The number of hydrogen-bond acceptors (Lipinski definition) is 3. The third kappa shape index (κ3) is 3.42. The average Bonchev–Trinajstić information content (AvgIpc) is 2.31. The molecule has 0 saturated heterocycles. The smallest absolute Gasteiger partial charge is 0.311 e. The first-order chi connectivity index (χ1) is 7.99. The lowest BCUT2D eigenvalue weighted by Gasteiger charge is -2.08. The van der Waals surface area contributed by atoms with Crippen molar-refractivity contribution in [2.45, 2.75) is 18.2 Å². The van der Waals surface area contributed by atoms with Gasteiger partial charge in [0.15, 0.2) is 0 Å². The van der Waals surface area contributed by atoms with Crippen LogP contribution < -0.4 is 0 Å². The van der Waals surface area contributed by atoms with Crippen molar-refractivity contribution in [3.8, 4) is 0 Å². The van der Waals surface area contributed by atoms with Crippen LogP contribution in [-0.4, -0.2) is 18.1 Å². The molecule has 3 nitrogen and oxygen atoms in total. The summed E-state index contributed by atoms with van der Waals surface area (Å²) >= 11 is 2.98. The summed E-state index contributed by atoms with van der Waals surface area (Å²) in [5.74, 6) is -1.50. The van der Waals surface area contributed by atoms with Crippen molar-refractivity contribution >= 4 is 21.9 Å². The van der Waals surface area contributed by atoms with Gasteiger partial charge in [-0.15, -0.1) is 0 Å². The Labute approximate surface area is 104 Å². The van der Waals surface area contributed by atoms with Gasteiger partial charge in [0.05, 0.1) is 19.2 Å². The van der Waals surface area contributed by atoms with Crippen LogP contribution in [0.4, 0.5) is 13.2 Å². The fraction of sp³-hybridized carbons (Fsp3) is 0.400. The molecule has 0 radical (unpaired) electrons. The summed E-state index contributed by atoms with van der Waals surface area (Å²) in [6.45, 7) is 0. The number of esters is 1. The van der Waals surface area contributed by atoms with E-state index in [1.54, 1.807) is 0 Å². The molecule has 0 unspecified atom stereocenters. The molecule has 0 amide bonds. The van der Waals surface area contributed by atoms with E-state index in [1.807, 2.05) is 0 Å². The Kier molecular flexibility index (Phi) is 4.92. The van der Waals surface area contributed by atoms with Crippen molar-refractivity contribution < 1.29 is 22.7 Å². The molecule has 1 aromatic heterocycles. The quantitative estimate of drug-likeness (QED) is 0.634. The van der Waals surface area contributed by atoms with Crippen molar-refractivity contribution in [3.05, 3.63) is 28.8 Å². The molecule has 0 aliphatic heterocycles. The Morgan fingerprint density at radius 1 is 1.59 bits per heavy atom. The van der Waals surface area contributed by atoms with Crippen molar-refractivity contribution in [1.82, 2.24) is 4.98 Å². The lowest BCUT2D eigenvalue weighted by molar-refractivity contribution is -0.139. The molecule has 0 N–H and O–H groups in total. The molecule has 0 atom stereocenters. The second-order valence-corrected chi connectivity index (χ2v) is 3.71. The normalized spacial score (nSPS) is 10.7. The highest BCUT2D eigenvalue weighted by molar-refractivity contribution is 9.08. The van der Waals surface area contributed by atoms with E-state index in [9.17, 15) is 18.0 Å². The highest BCUT2D eigenvalue weighted by Crippen LogP contribution is 2.23. The topological polar surface area (TPSA) is 39.2 Å². The molecular formula is C10H9BrF3NO2. The largest absolute Gasteiger partial charge is 0.469 e.